The molecule has 0 radical (unpaired) electrons. The van der Waals surface area contributed by atoms with Crippen LogP contribution in [0.5, 0.6) is 0 Å². The molecule has 0 unspecified atom stereocenters. The fourth-order valence-electron chi connectivity index (χ4n) is 1.85. The summed E-state index contributed by atoms with van der Waals surface area (Å²) in [7, 11) is 0. The van der Waals surface area contributed by atoms with Crippen LogP contribution in [-0.4, -0.2) is 0 Å². The molecular weight excluding hydrogens is 381 g/mol. The first-order chi connectivity index (χ1) is 11.4. The lowest BCUT2D eigenvalue weighted by atomic mass is 10.1. The van der Waals surface area contributed by atoms with E-state index in [1.807, 2.05) is 0 Å². The third kappa shape index (κ3) is 4.76. The molecule has 3 aromatic carbocycles. The molecule has 6 heteroatoms. The van der Waals surface area contributed by atoms with Gasteiger partial charge in [0.2, 0.25) is 0 Å². The molecule has 0 spiro atoms. The molecule has 0 bridgehead atoms. The van der Waals surface area contributed by atoms with Crippen LogP contribution in [0.4, 0.5) is 24.5 Å². The van der Waals surface area contributed by atoms with Crippen LogP contribution in [0.3, 0.4) is 0 Å². The van der Waals surface area contributed by atoms with Crippen LogP contribution in [0.25, 0.3) is 11.1 Å². The van der Waals surface area contributed by atoms with Gasteiger partial charge in [0.15, 0.2) is 0 Å². The van der Waals surface area contributed by atoms with Crippen molar-refractivity contribution < 1.29 is 13.2 Å². The van der Waals surface area contributed by atoms with Crippen molar-refractivity contribution >= 4 is 27.3 Å². The second kappa shape index (κ2) is 7.88. The minimum absolute atomic E-state index is 0.112. The first kappa shape index (κ1) is 17.9. The topological polar surface area (TPSA) is 52.0 Å². The molecule has 0 saturated carbocycles. The summed E-state index contributed by atoms with van der Waals surface area (Å²) in [6.45, 7) is 0. The van der Waals surface area contributed by atoms with Crippen LogP contribution in [0.15, 0.2) is 65.1 Å². The van der Waals surface area contributed by atoms with Gasteiger partial charge in [0.05, 0.1) is 11.4 Å². The first-order valence-electron chi connectivity index (χ1n) is 6.88. The second-order valence-electron chi connectivity index (χ2n) is 4.91. The lowest BCUT2D eigenvalue weighted by molar-refractivity contribution is 0.628. The van der Waals surface area contributed by atoms with Crippen molar-refractivity contribution in [3.8, 4) is 11.1 Å². The highest BCUT2D eigenvalue weighted by Crippen LogP contribution is 2.23. The third-order valence-electron chi connectivity index (χ3n) is 3.14. The molecule has 0 heterocycles. The highest BCUT2D eigenvalue weighted by Gasteiger charge is 2.02. The lowest BCUT2D eigenvalue weighted by Crippen LogP contribution is -1.90. The predicted molar refractivity (Wildman–Crippen MR) is 94.7 cm³/mol. The molecular formula is C18H14BrF3N2. The second-order valence-corrected chi connectivity index (χ2v) is 5.82. The number of hydrogen-bond donors (Lipinski definition) is 2. The Balaban J connectivity index is 0.000000198. The summed E-state index contributed by atoms with van der Waals surface area (Å²) >= 11 is 3.10. The maximum Gasteiger partial charge on any atom is 0.147 e. The van der Waals surface area contributed by atoms with Gasteiger partial charge in [-0.25, -0.2) is 13.2 Å². The van der Waals surface area contributed by atoms with Gasteiger partial charge < -0.3 is 11.5 Å². The van der Waals surface area contributed by atoms with E-state index in [-0.39, 0.29) is 23.0 Å². The fourth-order valence-corrected chi connectivity index (χ4v) is 2.18. The minimum atomic E-state index is -0.461. The standard InChI is InChI=1S/C12H9F2N.C6H5BrFN/c13-10-4-1-8(2-5-10)9-3-6-12(15)11(14)7-9;7-4-1-2-6(9)5(8)3-4/h1-7H,15H2;1-3H,9H2. The summed E-state index contributed by atoms with van der Waals surface area (Å²) in [5.41, 5.74) is 12.3. The summed E-state index contributed by atoms with van der Waals surface area (Å²) in [5, 5.41) is 0. The summed E-state index contributed by atoms with van der Waals surface area (Å²) in [6, 6.07) is 14.9. The number of hydrogen-bond acceptors (Lipinski definition) is 2. The summed E-state index contributed by atoms with van der Waals surface area (Å²) in [6.07, 6.45) is 0. The van der Waals surface area contributed by atoms with E-state index in [9.17, 15) is 13.2 Å². The van der Waals surface area contributed by atoms with Gasteiger partial charge in [0.1, 0.15) is 17.5 Å². The summed E-state index contributed by atoms with van der Waals surface area (Å²) in [5.74, 6) is -1.16. The molecule has 3 aromatic rings. The quantitative estimate of drug-likeness (QED) is 0.544. The summed E-state index contributed by atoms with van der Waals surface area (Å²) < 4.78 is 38.9. The SMILES string of the molecule is Nc1ccc(-c2ccc(F)cc2)cc1F.Nc1ccc(Br)cc1F. The average molecular weight is 395 g/mol. The Morgan fingerprint density at radius 3 is 1.62 bits per heavy atom. The molecule has 0 aliphatic rings. The number of nitrogens with two attached hydrogens (primary N) is 2. The van der Waals surface area contributed by atoms with Gasteiger partial charge in [-0.3, -0.25) is 0 Å². The molecule has 0 saturated heterocycles. The van der Waals surface area contributed by atoms with Crippen LogP contribution < -0.4 is 11.5 Å². The number of benzene rings is 3. The van der Waals surface area contributed by atoms with Crippen molar-refractivity contribution in [1.82, 2.24) is 0 Å². The lowest BCUT2D eigenvalue weighted by Gasteiger charge is -2.03. The van der Waals surface area contributed by atoms with Crippen molar-refractivity contribution in [3.63, 3.8) is 0 Å². The molecule has 0 fully saturated rings. The maximum absolute atomic E-state index is 13.1. The van der Waals surface area contributed by atoms with Crippen LogP contribution in [-0.2, 0) is 0 Å². The maximum atomic E-state index is 13.1. The smallest absolute Gasteiger partial charge is 0.147 e. The van der Waals surface area contributed by atoms with E-state index in [0.29, 0.717) is 10.0 Å². The minimum Gasteiger partial charge on any atom is -0.396 e. The molecule has 124 valence electrons. The van der Waals surface area contributed by atoms with Crippen LogP contribution >= 0.6 is 15.9 Å². The van der Waals surface area contributed by atoms with E-state index in [1.165, 1.54) is 36.4 Å². The van der Waals surface area contributed by atoms with E-state index in [0.717, 1.165) is 5.56 Å². The average Bonchev–Trinajstić information content (AvgIpc) is 2.55. The van der Waals surface area contributed by atoms with Gasteiger partial charge >= 0.3 is 0 Å². The Kier molecular flexibility index (Phi) is 5.87. The highest BCUT2D eigenvalue weighted by atomic mass is 79.9. The van der Waals surface area contributed by atoms with Crippen molar-refractivity contribution in [2.24, 2.45) is 0 Å². The van der Waals surface area contributed by atoms with Gasteiger partial charge in [-0.2, -0.15) is 0 Å². The van der Waals surface area contributed by atoms with E-state index >= 15 is 0 Å². The number of rotatable bonds is 1. The van der Waals surface area contributed by atoms with Crippen molar-refractivity contribution in [2.75, 3.05) is 11.5 Å². The van der Waals surface area contributed by atoms with Gasteiger partial charge in [-0.1, -0.05) is 34.1 Å². The molecule has 24 heavy (non-hydrogen) atoms. The van der Waals surface area contributed by atoms with Crippen LogP contribution in [0, 0.1) is 17.5 Å². The zero-order valence-corrected chi connectivity index (χ0v) is 14.0. The van der Waals surface area contributed by atoms with Crippen LogP contribution in [0.2, 0.25) is 0 Å². The summed E-state index contributed by atoms with van der Waals surface area (Å²) in [4.78, 5) is 0. The van der Waals surface area contributed by atoms with Gasteiger partial charge in [0, 0.05) is 4.47 Å². The van der Waals surface area contributed by atoms with E-state index in [1.54, 1.807) is 24.3 Å². The molecule has 0 aliphatic carbocycles. The molecule has 0 atom stereocenters. The fraction of sp³-hybridized carbons (Fsp3) is 0. The van der Waals surface area contributed by atoms with E-state index in [2.05, 4.69) is 15.9 Å². The zero-order chi connectivity index (χ0) is 17.7. The zero-order valence-electron chi connectivity index (χ0n) is 12.4. The van der Waals surface area contributed by atoms with E-state index in [4.69, 9.17) is 11.5 Å². The third-order valence-corrected chi connectivity index (χ3v) is 3.63. The Morgan fingerprint density at radius 1 is 0.625 bits per heavy atom. The molecule has 0 aliphatic heterocycles. The van der Waals surface area contributed by atoms with Crippen molar-refractivity contribution in [1.29, 1.82) is 0 Å². The van der Waals surface area contributed by atoms with Gasteiger partial charge in [-0.05, 0) is 53.6 Å². The molecule has 0 aromatic heterocycles. The normalized spacial score (nSPS) is 10.0. The largest absolute Gasteiger partial charge is 0.396 e. The number of anilines is 2. The van der Waals surface area contributed by atoms with Gasteiger partial charge in [-0.15, -0.1) is 0 Å². The molecule has 0 amide bonds. The Labute approximate surface area is 146 Å². The van der Waals surface area contributed by atoms with Crippen molar-refractivity contribution in [2.45, 2.75) is 0 Å². The first-order valence-corrected chi connectivity index (χ1v) is 7.67. The Bertz CT molecular complexity index is 836. The monoisotopic (exact) mass is 394 g/mol. The highest BCUT2D eigenvalue weighted by molar-refractivity contribution is 9.10. The van der Waals surface area contributed by atoms with Crippen LogP contribution in [0.1, 0.15) is 0 Å². The van der Waals surface area contributed by atoms with E-state index < -0.39 is 5.82 Å². The Morgan fingerprint density at radius 2 is 1.12 bits per heavy atom. The number of nitrogen functional groups attached to an aromatic ring is 2. The molecule has 2 nitrogen and oxygen atoms in total. The predicted octanol–water partition coefficient (Wildman–Crippen LogP) is 5.38. The molecule has 3 rings (SSSR count). The van der Waals surface area contributed by atoms with Crippen molar-refractivity contribution in [3.05, 3.63) is 82.6 Å². The molecule has 4 N–H and O–H groups in total. The Hall–Kier alpha value is -2.47. The van der Waals surface area contributed by atoms with Gasteiger partial charge in [0.25, 0.3) is 0 Å². The number of halogens is 4.